The number of amides is 1. The lowest BCUT2D eigenvalue weighted by Gasteiger charge is -2.25. The molecule has 1 unspecified atom stereocenters. The lowest BCUT2D eigenvalue weighted by Crippen LogP contribution is -2.39. The minimum atomic E-state index is -0.375. The van der Waals surface area contributed by atoms with E-state index in [9.17, 15) is 4.79 Å². The van der Waals surface area contributed by atoms with Crippen molar-refractivity contribution in [2.75, 3.05) is 25.0 Å². The molecule has 1 saturated heterocycles. The number of halogens is 1. The summed E-state index contributed by atoms with van der Waals surface area (Å²) in [6.07, 6.45) is 2.30. The molecular formula is C14H21ClN4O. The molecule has 0 aromatic carbocycles. The molecule has 0 radical (unpaired) electrons. The van der Waals surface area contributed by atoms with E-state index in [0.717, 1.165) is 24.3 Å². The van der Waals surface area contributed by atoms with E-state index in [1.165, 1.54) is 6.33 Å². The lowest BCUT2D eigenvalue weighted by atomic mass is 9.89. The third kappa shape index (κ3) is 2.59. The van der Waals surface area contributed by atoms with Crippen molar-refractivity contribution in [2.24, 2.45) is 5.41 Å². The summed E-state index contributed by atoms with van der Waals surface area (Å²) in [5.41, 5.74) is 0.579. The number of anilines is 1. The van der Waals surface area contributed by atoms with Gasteiger partial charge in [0.25, 0.3) is 0 Å². The number of carbonyl (C=O) groups is 1. The molecule has 1 N–H and O–H groups in total. The van der Waals surface area contributed by atoms with Crippen LogP contribution in [0.1, 0.15) is 38.7 Å². The van der Waals surface area contributed by atoms with Gasteiger partial charge in [0.05, 0.1) is 5.41 Å². The van der Waals surface area contributed by atoms with Gasteiger partial charge in [-0.2, -0.15) is 0 Å². The number of hydrogen-bond donors (Lipinski definition) is 1. The first-order chi connectivity index (χ1) is 9.39. The van der Waals surface area contributed by atoms with Crippen LogP contribution in [0.2, 0.25) is 5.15 Å². The van der Waals surface area contributed by atoms with Crippen molar-refractivity contribution in [1.82, 2.24) is 15.3 Å². The Labute approximate surface area is 124 Å². The third-order valence-corrected chi connectivity index (χ3v) is 4.24. The van der Waals surface area contributed by atoms with E-state index in [0.29, 0.717) is 11.7 Å². The summed E-state index contributed by atoms with van der Waals surface area (Å²) >= 11 is 6.21. The Bertz CT molecular complexity index is 520. The van der Waals surface area contributed by atoms with Gasteiger partial charge >= 0.3 is 0 Å². The highest BCUT2D eigenvalue weighted by Gasteiger charge is 2.41. The molecule has 6 heteroatoms. The van der Waals surface area contributed by atoms with Gasteiger partial charge in [-0.15, -0.1) is 0 Å². The SMILES string of the molecule is CNC(=O)C1(C)CCN(c2ncnc(Cl)c2C(C)C)C1. The fraction of sp³-hybridized carbons (Fsp3) is 0.643. The van der Waals surface area contributed by atoms with E-state index >= 15 is 0 Å². The fourth-order valence-corrected chi connectivity index (χ4v) is 3.09. The van der Waals surface area contributed by atoms with Gasteiger partial charge in [0.15, 0.2) is 0 Å². The van der Waals surface area contributed by atoms with Gasteiger partial charge in [0, 0.05) is 25.7 Å². The largest absolute Gasteiger partial charge is 0.359 e. The lowest BCUT2D eigenvalue weighted by molar-refractivity contribution is -0.128. The number of rotatable bonds is 3. The van der Waals surface area contributed by atoms with E-state index in [-0.39, 0.29) is 17.2 Å². The van der Waals surface area contributed by atoms with Crippen molar-refractivity contribution in [2.45, 2.75) is 33.1 Å². The van der Waals surface area contributed by atoms with E-state index in [1.807, 2.05) is 6.92 Å². The summed E-state index contributed by atoms with van der Waals surface area (Å²) in [6, 6.07) is 0. The highest BCUT2D eigenvalue weighted by Crippen LogP contribution is 2.37. The standard InChI is InChI=1S/C14H21ClN4O/c1-9(2)10-11(15)17-8-18-12(10)19-6-5-14(3,7-19)13(20)16-4/h8-9H,5-7H2,1-4H3,(H,16,20). The topological polar surface area (TPSA) is 58.1 Å². The molecule has 1 aliphatic rings. The Hall–Kier alpha value is -1.36. The maximum atomic E-state index is 12.0. The van der Waals surface area contributed by atoms with E-state index in [2.05, 4.69) is 34.0 Å². The first-order valence-electron chi connectivity index (χ1n) is 6.86. The zero-order valence-electron chi connectivity index (χ0n) is 12.4. The van der Waals surface area contributed by atoms with Gasteiger partial charge in [-0.1, -0.05) is 25.4 Å². The molecule has 1 amide bonds. The first kappa shape index (κ1) is 15.0. The fourth-order valence-electron chi connectivity index (χ4n) is 2.74. The monoisotopic (exact) mass is 296 g/mol. The van der Waals surface area contributed by atoms with Gasteiger partial charge < -0.3 is 10.2 Å². The molecule has 0 bridgehead atoms. The van der Waals surface area contributed by atoms with Crippen LogP contribution in [0.5, 0.6) is 0 Å². The predicted molar refractivity (Wildman–Crippen MR) is 80.1 cm³/mol. The Morgan fingerprint density at radius 1 is 1.50 bits per heavy atom. The third-order valence-electron chi connectivity index (χ3n) is 3.94. The van der Waals surface area contributed by atoms with Crippen LogP contribution < -0.4 is 10.2 Å². The van der Waals surface area contributed by atoms with Crippen molar-refractivity contribution in [3.63, 3.8) is 0 Å². The second-order valence-electron chi connectivity index (χ2n) is 5.87. The zero-order valence-corrected chi connectivity index (χ0v) is 13.2. The van der Waals surface area contributed by atoms with Crippen molar-refractivity contribution >= 4 is 23.3 Å². The Kier molecular flexibility index (Phi) is 4.18. The van der Waals surface area contributed by atoms with Crippen molar-refractivity contribution in [3.8, 4) is 0 Å². The van der Waals surface area contributed by atoms with Crippen molar-refractivity contribution in [1.29, 1.82) is 0 Å². The summed E-state index contributed by atoms with van der Waals surface area (Å²) in [7, 11) is 1.68. The average Bonchev–Trinajstić information content (AvgIpc) is 2.81. The van der Waals surface area contributed by atoms with Crippen LogP contribution in [0.4, 0.5) is 5.82 Å². The number of nitrogens with one attached hydrogen (secondary N) is 1. The highest BCUT2D eigenvalue weighted by molar-refractivity contribution is 6.30. The molecule has 5 nitrogen and oxygen atoms in total. The van der Waals surface area contributed by atoms with Crippen molar-refractivity contribution in [3.05, 3.63) is 17.0 Å². The van der Waals surface area contributed by atoms with Gasteiger partial charge in [-0.25, -0.2) is 9.97 Å². The van der Waals surface area contributed by atoms with Crippen LogP contribution in [0.3, 0.4) is 0 Å². The molecule has 110 valence electrons. The number of hydrogen-bond acceptors (Lipinski definition) is 4. The smallest absolute Gasteiger partial charge is 0.227 e. The van der Waals surface area contributed by atoms with Gasteiger partial charge in [0.1, 0.15) is 17.3 Å². The Morgan fingerprint density at radius 3 is 2.80 bits per heavy atom. The summed E-state index contributed by atoms with van der Waals surface area (Å²) in [5.74, 6) is 1.17. The molecule has 1 aromatic rings. The predicted octanol–water partition coefficient (Wildman–Crippen LogP) is 2.22. The van der Waals surface area contributed by atoms with Gasteiger partial charge in [0.2, 0.25) is 5.91 Å². The summed E-state index contributed by atoms with van der Waals surface area (Å²) in [4.78, 5) is 22.6. The van der Waals surface area contributed by atoms with E-state index in [1.54, 1.807) is 7.05 Å². The van der Waals surface area contributed by atoms with Crippen LogP contribution in [-0.2, 0) is 4.79 Å². The molecule has 1 atom stereocenters. The second-order valence-corrected chi connectivity index (χ2v) is 6.23. The number of carbonyl (C=O) groups excluding carboxylic acids is 1. The molecule has 1 aromatic heterocycles. The molecule has 0 spiro atoms. The molecule has 20 heavy (non-hydrogen) atoms. The summed E-state index contributed by atoms with van der Waals surface area (Å²) in [5, 5.41) is 3.24. The highest BCUT2D eigenvalue weighted by atomic mass is 35.5. The van der Waals surface area contributed by atoms with Crippen LogP contribution in [-0.4, -0.2) is 36.0 Å². The molecule has 0 saturated carbocycles. The zero-order chi connectivity index (χ0) is 14.9. The normalized spacial score (nSPS) is 22.4. The van der Waals surface area contributed by atoms with Crippen LogP contribution in [0, 0.1) is 5.41 Å². The Morgan fingerprint density at radius 2 is 2.20 bits per heavy atom. The molecule has 2 heterocycles. The van der Waals surface area contributed by atoms with E-state index in [4.69, 9.17) is 11.6 Å². The number of aromatic nitrogens is 2. The first-order valence-corrected chi connectivity index (χ1v) is 7.24. The average molecular weight is 297 g/mol. The quantitative estimate of drug-likeness (QED) is 0.869. The van der Waals surface area contributed by atoms with Crippen LogP contribution in [0.15, 0.2) is 6.33 Å². The minimum Gasteiger partial charge on any atom is -0.359 e. The second kappa shape index (κ2) is 5.56. The molecule has 0 aliphatic carbocycles. The maximum absolute atomic E-state index is 12.0. The maximum Gasteiger partial charge on any atom is 0.227 e. The van der Waals surface area contributed by atoms with Crippen LogP contribution >= 0.6 is 11.6 Å². The van der Waals surface area contributed by atoms with E-state index < -0.39 is 0 Å². The molecular weight excluding hydrogens is 276 g/mol. The van der Waals surface area contributed by atoms with Crippen molar-refractivity contribution < 1.29 is 4.79 Å². The summed E-state index contributed by atoms with van der Waals surface area (Å²) < 4.78 is 0. The molecule has 2 rings (SSSR count). The van der Waals surface area contributed by atoms with Crippen LogP contribution in [0.25, 0.3) is 0 Å². The number of nitrogens with zero attached hydrogens (tertiary/aromatic N) is 3. The summed E-state index contributed by atoms with van der Waals surface area (Å²) in [6.45, 7) is 7.59. The minimum absolute atomic E-state index is 0.0752. The van der Waals surface area contributed by atoms with Gasteiger partial charge in [-0.3, -0.25) is 4.79 Å². The Balaban J connectivity index is 2.31. The molecule has 1 aliphatic heterocycles. The molecule has 1 fully saturated rings. The van der Waals surface area contributed by atoms with Gasteiger partial charge in [-0.05, 0) is 19.3 Å².